The van der Waals surface area contributed by atoms with Gasteiger partial charge in [-0.3, -0.25) is 0 Å². The van der Waals surface area contributed by atoms with Crippen LogP contribution in [-0.2, 0) is 11.8 Å². The minimum absolute atomic E-state index is 0.483. The van der Waals surface area contributed by atoms with Crippen molar-refractivity contribution in [1.29, 1.82) is 0 Å². The molecule has 6 aromatic rings. The number of hydrogen-bond donors (Lipinski definition) is 1. The Morgan fingerprint density at radius 1 is 0.577 bits per heavy atom. The molecule has 0 amide bonds. The second kappa shape index (κ2) is 14.5. The summed E-state index contributed by atoms with van der Waals surface area (Å²) in [6.07, 6.45) is 20.2. The van der Waals surface area contributed by atoms with Gasteiger partial charge in [0.15, 0.2) is 0 Å². The Hall–Kier alpha value is -6.28. The lowest BCUT2D eigenvalue weighted by Crippen LogP contribution is -2.29. The minimum Gasteiger partial charge on any atom is -0.327 e. The van der Waals surface area contributed by atoms with Gasteiger partial charge in [0, 0.05) is 6.54 Å². The van der Waals surface area contributed by atoms with Gasteiger partial charge in [-0.15, -0.1) is 0 Å². The predicted molar refractivity (Wildman–Crippen MR) is 222 cm³/mol. The van der Waals surface area contributed by atoms with Gasteiger partial charge in [0.2, 0.25) is 0 Å². The van der Waals surface area contributed by atoms with Crippen molar-refractivity contribution < 1.29 is 0 Å². The zero-order chi connectivity index (χ0) is 35.3. The van der Waals surface area contributed by atoms with E-state index in [1.54, 1.807) is 0 Å². The normalized spacial score (nSPS) is 17.5. The quantitative estimate of drug-likeness (QED) is 0.161. The second-order valence-corrected chi connectivity index (χ2v) is 13.4. The minimum atomic E-state index is -0.501. The molecule has 1 nitrogen and oxygen atoms in total. The van der Waals surface area contributed by atoms with Crippen molar-refractivity contribution >= 4 is 11.6 Å². The maximum atomic E-state index is 5.94. The molecule has 1 spiro atoms. The first-order valence-electron chi connectivity index (χ1n) is 18.0. The Bertz CT molecular complexity index is 2420. The molecule has 2 N–H and O–H groups in total. The van der Waals surface area contributed by atoms with Crippen LogP contribution in [0.2, 0.25) is 0 Å². The molecule has 0 aliphatic heterocycles. The highest BCUT2D eigenvalue weighted by molar-refractivity contribution is 5.90. The van der Waals surface area contributed by atoms with Crippen LogP contribution in [0.3, 0.4) is 0 Å². The Kier molecular flexibility index (Phi) is 9.19. The molecule has 2 aliphatic rings. The zero-order valence-corrected chi connectivity index (χ0v) is 29.3. The van der Waals surface area contributed by atoms with Gasteiger partial charge in [-0.05, 0) is 96.5 Å². The van der Waals surface area contributed by atoms with E-state index >= 15 is 0 Å². The number of allylic oxidation sites excluding steroid dienone is 9. The zero-order valence-electron chi connectivity index (χ0n) is 29.3. The van der Waals surface area contributed by atoms with Crippen molar-refractivity contribution in [1.82, 2.24) is 0 Å². The van der Waals surface area contributed by atoms with Crippen LogP contribution in [-0.4, -0.2) is 6.54 Å². The molecular weight excluding hydrogens is 627 g/mol. The molecule has 0 heterocycles. The monoisotopic (exact) mass is 667 g/mol. The van der Waals surface area contributed by atoms with Crippen LogP contribution in [0.25, 0.3) is 45.0 Å². The highest BCUT2D eigenvalue weighted by atomic mass is 14.5. The van der Waals surface area contributed by atoms with E-state index in [0.29, 0.717) is 6.54 Å². The number of nitrogens with two attached hydrogens (primary N) is 1. The molecule has 0 aromatic heterocycles. The first kappa shape index (κ1) is 32.9. The van der Waals surface area contributed by atoms with Gasteiger partial charge in [0.25, 0.3) is 0 Å². The second-order valence-electron chi connectivity index (χ2n) is 13.4. The van der Waals surface area contributed by atoms with E-state index in [0.717, 1.165) is 23.1 Å². The summed E-state index contributed by atoms with van der Waals surface area (Å²) in [6, 6.07) is 52.8. The SMILES string of the molecule is C=C1/C=C\C=C/c2ccccc2C12c1ccccc1-c1ccc(-c3cccc(C(/C=C\CN)=C/C=C/Cc4ccc(-c5ccccc5)cc4)c3)cc12. The summed E-state index contributed by atoms with van der Waals surface area (Å²) < 4.78 is 0. The third-order valence-corrected chi connectivity index (χ3v) is 10.4. The van der Waals surface area contributed by atoms with Gasteiger partial charge in [0.05, 0.1) is 5.41 Å². The van der Waals surface area contributed by atoms with E-state index in [1.165, 1.54) is 61.2 Å². The molecule has 1 unspecified atom stereocenters. The summed E-state index contributed by atoms with van der Waals surface area (Å²) in [5.41, 5.74) is 22.4. The summed E-state index contributed by atoms with van der Waals surface area (Å²) >= 11 is 0. The molecule has 0 saturated heterocycles. The van der Waals surface area contributed by atoms with Crippen LogP contribution in [0.1, 0.15) is 33.4 Å². The van der Waals surface area contributed by atoms with Crippen LogP contribution in [0.4, 0.5) is 0 Å². The summed E-state index contributed by atoms with van der Waals surface area (Å²) in [5, 5.41) is 0. The Morgan fingerprint density at radius 3 is 2.10 bits per heavy atom. The van der Waals surface area contributed by atoms with Gasteiger partial charge in [-0.2, -0.15) is 0 Å². The Labute approximate surface area is 307 Å². The van der Waals surface area contributed by atoms with Crippen LogP contribution >= 0.6 is 0 Å². The van der Waals surface area contributed by atoms with Crippen molar-refractivity contribution in [3.05, 3.63) is 240 Å². The predicted octanol–water partition coefficient (Wildman–Crippen LogP) is 12.2. The van der Waals surface area contributed by atoms with E-state index < -0.39 is 5.41 Å². The molecule has 250 valence electrons. The largest absolute Gasteiger partial charge is 0.327 e. The lowest BCUT2D eigenvalue weighted by atomic mass is 9.65. The average Bonchev–Trinajstić information content (AvgIpc) is 3.50. The fraction of sp³-hybridized carbons (Fsp3) is 0.0588. The van der Waals surface area contributed by atoms with Crippen LogP contribution in [0, 0.1) is 0 Å². The van der Waals surface area contributed by atoms with Crippen molar-refractivity contribution in [2.75, 3.05) is 6.54 Å². The topological polar surface area (TPSA) is 26.0 Å². The van der Waals surface area contributed by atoms with E-state index in [4.69, 9.17) is 12.3 Å². The van der Waals surface area contributed by atoms with Gasteiger partial charge in [-0.1, -0.05) is 195 Å². The first-order valence-corrected chi connectivity index (χ1v) is 18.0. The van der Waals surface area contributed by atoms with Crippen LogP contribution in [0.15, 0.2) is 206 Å². The van der Waals surface area contributed by atoms with E-state index in [9.17, 15) is 0 Å². The van der Waals surface area contributed by atoms with E-state index in [1.807, 2.05) is 6.08 Å². The standard InChI is InChI=1S/C51H41N/c1-37-15-5-7-20-42-21-9-11-26-48(42)51(37)49-27-12-10-25-46(49)47-33-32-45(36-50(47)51)44-23-13-22-43(35-44)40(24-14-34-52)19-8-6-16-38-28-30-41(31-29-38)39-17-3-2-4-18-39/h2-15,17-33,35-36H,1,16,34,52H2/b8-6+,15-5-,20-7-,24-14-,40-19+. The molecule has 52 heavy (non-hydrogen) atoms. The smallest absolute Gasteiger partial charge is 0.0713 e. The first-order chi connectivity index (χ1) is 25.7. The van der Waals surface area contributed by atoms with Crippen molar-refractivity contribution in [2.45, 2.75) is 11.8 Å². The molecule has 6 aromatic carbocycles. The molecular formula is C51H41N. The van der Waals surface area contributed by atoms with Crippen molar-refractivity contribution in [3.8, 4) is 33.4 Å². The van der Waals surface area contributed by atoms with Gasteiger partial charge >= 0.3 is 0 Å². The number of hydrogen-bond acceptors (Lipinski definition) is 1. The fourth-order valence-corrected chi connectivity index (χ4v) is 7.87. The Balaban J connectivity index is 1.14. The maximum absolute atomic E-state index is 5.94. The molecule has 8 rings (SSSR count). The summed E-state index contributed by atoms with van der Waals surface area (Å²) in [7, 11) is 0. The van der Waals surface area contributed by atoms with Crippen molar-refractivity contribution in [3.63, 3.8) is 0 Å². The highest BCUT2D eigenvalue weighted by Crippen LogP contribution is 2.57. The molecule has 0 radical (unpaired) electrons. The molecule has 0 saturated carbocycles. The van der Waals surface area contributed by atoms with E-state index in [-0.39, 0.29) is 0 Å². The molecule has 1 heteroatoms. The number of fused-ring (bicyclic) bond motifs is 7. The van der Waals surface area contributed by atoms with Gasteiger partial charge in [0.1, 0.15) is 0 Å². The average molecular weight is 668 g/mol. The summed E-state index contributed by atoms with van der Waals surface area (Å²) in [6.45, 7) is 5.22. The molecule has 1 atom stereocenters. The number of rotatable bonds is 8. The van der Waals surface area contributed by atoms with Crippen LogP contribution in [0.5, 0.6) is 0 Å². The van der Waals surface area contributed by atoms with Crippen molar-refractivity contribution in [2.24, 2.45) is 5.73 Å². The lowest BCUT2D eigenvalue weighted by molar-refractivity contribution is 0.767. The third-order valence-electron chi connectivity index (χ3n) is 10.4. The Morgan fingerprint density at radius 2 is 1.25 bits per heavy atom. The van der Waals surface area contributed by atoms with Gasteiger partial charge < -0.3 is 5.73 Å². The summed E-state index contributed by atoms with van der Waals surface area (Å²) in [4.78, 5) is 0. The molecule has 2 aliphatic carbocycles. The molecule has 0 bridgehead atoms. The lowest BCUT2D eigenvalue weighted by Gasteiger charge is -2.36. The van der Waals surface area contributed by atoms with Crippen LogP contribution < -0.4 is 5.73 Å². The van der Waals surface area contributed by atoms with Gasteiger partial charge in [-0.25, -0.2) is 0 Å². The third kappa shape index (κ3) is 6.06. The highest BCUT2D eigenvalue weighted by Gasteiger charge is 2.47. The van der Waals surface area contributed by atoms with E-state index in [2.05, 4.69) is 194 Å². The fourth-order valence-electron chi connectivity index (χ4n) is 7.87. The maximum Gasteiger partial charge on any atom is 0.0713 e. The molecule has 0 fully saturated rings. The number of benzene rings is 6. The summed E-state index contributed by atoms with van der Waals surface area (Å²) in [5.74, 6) is 0.